The highest BCUT2D eigenvalue weighted by atomic mass is 32.2. The largest absolute Gasteiger partial charge is 0.478 e. The first kappa shape index (κ1) is 14.1. The molecule has 17 heavy (non-hydrogen) atoms. The lowest BCUT2D eigenvalue weighted by Crippen LogP contribution is -1.95. The number of carbonyl (C=O) groups is 1. The minimum Gasteiger partial charge on any atom is -0.478 e. The van der Waals surface area contributed by atoms with Gasteiger partial charge in [0.25, 0.3) is 0 Å². The van der Waals surface area contributed by atoms with Crippen LogP contribution in [0.2, 0.25) is 0 Å². The Hall–Kier alpha value is -0.960. The second-order valence-corrected chi connectivity index (χ2v) is 5.26. The van der Waals surface area contributed by atoms with Gasteiger partial charge in [-0.15, -0.1) is 11.8 Å². The topological polar surface area (TPSA) is 37.3 Å². The molecule has 1 aromatic carbocycles. The van der Waals surface area contributed by atoms with Crippen molar-refractivity contribution in [2.24, 2.45) is 0 Å². The number of carboxylic acid groups (broad SMARTS) is 1. The maximum atomic E-state index is 10.8. The molecule has 0 radical (unpaired) electrons. The van der Waals surface area contributed by atoms with Crippen molar-refractivity contribution in [3.8, 4) is 0 Å². The van der Waals surface area contributed by atoms with Crippen LogP contribution in [0.3, 0.4) is 0 Å². The number of thioether (sulfide) groups is 1. The molecule has 0 amide bonds. The third-order valence-electron chi connectivity index (χ3n) is 2.60. The van der Waals surface area contributed by atoms with Gasteiger partial charge in [-0.05, 0) is 30.4 Å². The molecule has 94 valence electrons. The van der Waals surface area contributed by atoms with Gasteiger partial charge in [0, 0.05) is 4.90 Å². The summed E-state index contributed by atoms with van der Waals surface area (Å²) in [6.45, 7) is 2.21. The Morgan fingerprint density at radius 2 is 2.00 bits per heavy atom. The predicted octanol–water partition coefficient (Wildman–Crippen LogP) is 4.45. The van der Waals surface area contributed by atoms with Crippen LogP contribution in [0.4, 0.5) is 0 Å². The quantitative estimate of drug-likeness (QED) is 0.548. The van der Waals surface area contributed by atoms with Crippen molar-refractivity contribution >= 4 is 17.7 Å². The molecule has 1 N–H and O–H groups in total. The molecule has 0 heterocycles. The van der Waals surface area contributed by atoms with Gasteiger partial charge >= 0.3 is 5.97 Å². The second kappa shape index (κ2) is 8.18. The molecule has 1 aromatic rings. The average Bonchev–Trinajstić information content (AvgIpc) is 2.34. The van der Waals surface area contributed by atoms with Crippen molar-refractivity contribution in [3.05, 3.63) is 29.8 Å². The van der Waals surface area contributed by atoms with Gasteiger partial charge in [-0.25, -0.2) is 4.79 Å². The van der Waals surface area contributed by atoms with Gasteiger partial charge in [0.05, 0.1) is 5.56 Å². The maximum Gasteiger partial charge on any atom is 0.335 e. The summed E-state index contributed by atoms with van der Waals surface area (Å²) in [6, 6.07) is 7.17. The first-order valence-corrected chi connectivity index (χ1v) is 7.18. The first-order valence-electron chi connectivity index (χ1n) is 6.20. The molecule has 0 fully saturated rings. The lowest BCUT2D eigenvalue weighted by molar-refractivity contribution is 0.0696. The van der Waals surface area contributed by atoms with Crippen molar-refractivity contribution in [2.75, 3.05) is 5.75 Å². The van der Waals surface area contributed by atoms with Crippen LogP contribution in [-0.2, 0) is 0 Å². The van der Waals surface area contributed by atoms with Crippen molar-refractivity contribution in [1.29, 1.82) is 0 Å². The molecule has 0 spiro atoms. The SMILES string of the molecule is CCCCCCCSc1cccc(C(=O)O)c1. The molecule has 0 aliphatic carbocycles. The van der Waals surface area contributed by atoms with Crippen molar-refractivity contribution in [3.63, 3.8) is 0 Å². The standard InChI is InChI=1S/C14H20O2S/c1-2-3-4-5-6-10-17-13-9-7-8-12(11-13)14(15)16/h7-9,11H,2-6,10H2,1H3,(H,15,16). The number of unbranched alkanes of at least 4 members (excludes halogenated alkanes) is 4. The summed E-state index contributed by atoms with van der Waals surface area (Å²) in [5.41, 5.74) is 0.376. The highest BCUT2D eigenvalue weighted by Crippen LogP contribution is 2.21. The Labute approximate surface area is 107 Å². The fraction of sp³-hybridized carbons (Fsp3) is 0.500. The molecule has 0 saturated heterocycles. The molecule has 3 heteroatoms. The van der Waals surface area contributed by atoms with Crippen LogP contribution in [-0.4, -0.2) is 16.8 Å². The molecule has 1 rings (SSSR count). The summed E-state index contributed by atoms with van der Waals surface area (Å²) in [5.74, 6) is 0.225. The predicted molar refractivity (Wildman–Crippen MR) is 72.9 cm³/mol. The smallest absolute Gasteiger partial charge is 0.335 e. The van der Waals surface area contributed by atoms with E-state index in [1.54, 1.807) is 23.9 Å². The third-order valence-corrected chi connectivity index (χ3v) is 3.68. The van der Waals surface area contributed by atoms with E-state index in [9.17, 15) is 4.79 Å². The van der Waals surface area contributed by atoms with Gasteiger partial charge in [-0.3, -0.25) is 0 Å². The van der Waals surface area contributed by atoms with Gasteiger partial charge in [-0.2, -0.15) is 0 Å². The van der Waals surface area contributed by atoms with Crippen molar-refractivity contribution in [1.82, 2.24) is 0 Å². The van der Waals surface area contributed by atoms with Gasteiger partial charge < -0.3 is 5.11 Å². The molecule has 0 aliphatic rings. The molecule has 0 atom stereocenters. The number of benzene rings is 1. The van der Waals surface area contributed by atoms with E-state index in [0.29, 0.717) is 5.56 Å². The molecule has 0 unspecified atom stereocenters. The number of hydrogen-bond acceptors (Lipinski definition) is 2. The number of aromatic carboxylic acids is 1. The van der Waals surface area contributed by atoms with E-state index in [0.717, 1.165) is 10.6 Å². The van der Waals surface area contributed by atoms with E-state index in [1.165, 1.54) is 32.1 Å². The van der Waals surface area contributed by atoms with E-state index in [2.05, 4.69) is 6.92 Å². The van der Waals surface area contributed by atoms with Crippen molar-refractivity contribution in [2.45, 2.75) is 43.9 Å². The Morgan fingerprint density at radius 3 is 2.71 bits per heavy atom. The van der Waals surface area contributed by atoms with E-state index in [1.807, 2.05) is 12.1 Å². The van der Waals surface area contributed by atoms with E-state index in [-0.39, 0.29) is 0 Å². The van der Waals surface area contributed by atoms with Crippen LogP contribution in [0.1, 0.15) is 49.4 Å². The van der Waals surface area contributed by atoms with Crippen LogP contribution >= 0.6 is 11.8 Å². The van der Waals surface area contributed by atoms with E-state index >= 15 is 0 Å². The summed E-state index contributed by atoms with van der Waals surface area (Å²) in [7, 11) is 0. The zero-order valence-electron chi connectivity index (χ0n) is 10.3. The van der Waals surface area contributed by atoms with Crippen LogP contribution < -0.4 is 0 Å². The van der Waals surface area contributed by atoms with Gasteiger partial charge in [0.1, 0.15) is 0 Å². The van der Waals surface area contributed by atoms with E-state index < -0.39 is 5.97 Å². The van der Waals surface area contributed by atoms with Gasteiger partial charge in [0.15, 0.2) is 0 Å². The normalized spacial score (nSPS) is 10.4. The van der Waals surface area contributed by atoms with Crippen LogP contribution in [0.5, 0.6) is 0 Å². The Balaban J connectivity index is 2.27. The minimum absolute atomic E-state index is 0.376. The number of carboxylic acids is 1. The van der Waals surface area contributed by atoms with Crippen LogP contribution in [0, 0.1) is 0 Å². The summed E-state index contributed by atoms with van der Waals surface area (Å²) in [6.07, 6.45) is 6.39. The monoisotopic (exact) mass is 252 g/mol. The number of hydrogen-bond donors (Lipinski definition) is 1. The Bertz CT molecular complexity index is 350. The first-order chi connectivity index (χ1) is 8.24. The summed E-state index contributed by atoms with van der Waals surface area (Å²) < 4.78 is 0. The summed E-state index contributed by atoms with van der Waals surface area (Å²) >= 11 is 1.75. The lowest BCUT2D eigenvalue weighted by atomic mass is 10.2. The minimum atomic E-state index is -0.851. The molecular formula is C14H20O2S. The maximum absolute atomic E-state index is 10.8. The number of rotatable bonds is 8. The third kappa shape index (κ3) is 5.78. The van der Waals surface area contributed by atoms with Crippen LogP contribution in [0.25, 0.3) is 0 Å². The van der Waals surface area contributed by atoms with Crippen LogP contribution in [0.15, 0.2) is 29.2 Å². The fourth-order valence-corrected chi connectivity index (χ4v) is 2.58. The zero-order chi connectivity index (χ0) is 12.5. The highest BCUT2D eigenvalue weighted by Gasteiger charge is 2.03. The molecule has 0 bridgehead atoms. The van der Waals surface area contributed by atoms with E-state index in [4.69, 9.17) is 5.11 Å². The fourth-order valence-electron chi connectivity index (χ4n) is 1.61. The van der Waals surface area contributed by atoms with Crippen molar-refractivity contribution < 1.29 is 9.90 Å². The lowest BCUT2D eigenvalue weighted by Gasteiger charge is -2.03. The average molecular weight is 252 g/mol. The Morgan fingerprint density at radius 1 is 1.24 bits per heavy atom. The molecule has 2 nitrogen and oxygen atoms in total. The Kier molecular flexibility index (Phi) is 6.78. The molecule has 0 aliphatic heterocycles. The molecule has 0 aromatic heterocycles. The van der Waals surface area contributed by atoms with Gasteiger partial charge in [-0.1, -0.05) is 38.7 Å². The second-order valence-electron chi connectivity index (χ2n) is 4.10. The molecule has 0 saturated carbocycles. The van der Waals surface area contributed by atoms with Gasteiger partial charge in [0.2, 0.25) is 0 Å². The summed E-state index contributed by atoms with van der Waals surface area (Å²) in [4.78, 5) is 11.8. The summed E-state index contributed by atoms with van der Waals surface area (Å²) in [5, 5.41) is 8.87. The zero-order valence-corrected chi connectivity index (χ0v) is 11.1. The molecular weight excluding hydrogens is 232 g/mol. The highest BCUT2D eigenvalue weighted by molar-refractivity contribution is 7.99.